The van der Waals surface area contributed by atoms with Crippen LogP contribution in [0.1, 0.15) is 29.4 Å². The van der Waals surface area contributed by atoms with Gasteiger partial charge in [0.1, 0.15) is 5.75 Å². The number of halogens is 3. The molecule has 0 saturated heterocycles. The van der Waals surface area contributed by atoms with Crippen LogP contribution in [-0.2, 0) is 22.1 Å². The second-order valence-corrected chi connectivity index (χ2v) is 8.35. The van der Waals surface area contributed by atoms with E-state index in [1.165, 1.54) is 16.9 Å². The fraction of sp³-hybridized carbons (Fsp3) is 0.348. The van der Waals surface area contributed by atoms with Gasteiger partial charge in [0.15, 0.2) is 6.61 Å². The molecule has 0 fully saturated rings. The zero-order chi connectivity index (χ0) is 24.0. The number of carbonyl (C=O) groups excluding carboxylic acids is 1. The summed E-state index contributed by atoms with van der Waals surface area (Å²) in [6.45, 7) is 5.66. The van der Waals surface area contributed by atoms with Crippen molar-refractivity contribution in [1.82, 2.24) is 15.0 Å². The van der Waals surface area contributed by atoms with E-state index in [9.17, 15) is 18.0 Å². The van der Waals surface area contributed by atoms with E-state index in [0.29, 0.717) is 24.5 Å². The number of hydrogen-bond donors (Lipinski definition) is 0. The average Bonchev–Trinajstić information content (AvgIpc) is 3.13. The standard InChI is InChI=1S/C23H24F3N3O3S/c1-4-31-22(30)14-32-21-10-9-19(13-15(21)2)33-12-11-20-16(3)27-29(28-20)18-7-5-17(6-8-18)23(24,25)26/h5-10,13H,4,11-12,14H2,1-3H3. The molecule has 3 rings (SSSR count). The summed E-state index contributed by atoms with van der Waals surface area (Å²) in [4.78, 5) is 13.8. The van der Waals surface area contributed by atoms with E-state index in [-0.39, 0.29) is 6.61 Å². The van der Waals surface area contributed by atoms with Crippen LogP contribution >= 0.6 is 11.8 Å². The molecule has 1 heterocycles. The van der Waals surface area contributed by atoms with Crippen molar-refractivity contribution in [3.63, 3.8) is 0 Å². The molecule has 33 heavy (non-hydrogen) atoms. The van der Waals surface area contributed by atoms with Crippen molar-refractivity contribution in [3.8, 4) is 11.4 Å². The Balaban J connectivity index is 1.56. The number of alkyl halides is 3. The molecule has 2 aromatic carbocycles. The van der Waals surface area contributed by atoms with Crippen LogP contribution in [0.15, 0.2) is 47.4 Å². The Labute approximate surface area is 194 Å². The highest BCUT2D eigenvalue weighted by molar-refractivity contribution is 7.99. The van der Waals surface area contributed by atoms with E-state index < -0.39 is 17.7 Å². The fourth-order valence-corrected chi connectivity index (χ4v) is 3.97. The molecule has 0 amide bonds. The lowest BCUT2D eigenvalue weighted by Crippen LogP contribution is -2.14. The Hall–Kier alpha value is -3.01. The third-order valence-electron chi connectivity index (χ3n) is 4.71. The third kappa shape index (κ3) is 6.74. The second-order valence-electron chi connectivity index (χ2n) is 7.19. The number of nitrogens with zero attached hydrogens (tertiary/aromatic N) is 3. The van der Waals surface area contributed by atoms with Gasteiger partial charge in [0.05, 0.1) is 29.2 Å². The summed E-state index contributed by atoms with van der Waals surface area (Å²) in [5.74, 6) is 0.965. The van der Waals surface area contributed by atoms with Gasteiger partial charge in [-0.3, -0.25) is 0 Å². The number of aryl methyl sites for hydroxylation is 3. The van der Waals surface area contributed by atoms with Gasteiger partial charge in [0, 0.05) is 17.1 Å². The van der Waals surface area contributed by atoms with Crippen LogP contribution in [0, 0.1) is 13.8 Å². The van der Waals surface area contributed by atoms with Crippen LogP contribution in [0.3, 0.4) is 0 Å². The Morgan fingerprint density at radius 1 is 1.09 bits per heavy atom. The number of rotatable bonds is 9. The minimum atomic E-state index is -4.38. The lowest BCUT2D eigenvalue weighted by Gasteiger charge is -2.10. The maximum Gasteiger partial charge on any atom is 0.416 e. The topological polar surface area (TPSA) is 66.2 Å². The SMILES string of the molecule is CCOC(=O)COc1ccc(SCCc2nn(-c3ccc(C(F)(F)F)cc3)nc2C)cc1C. The van der Waals surface area contributed by atoms with Crippen molar-refractivity contribution < 1.29 is 27.4 Å². The largest absolute Gasteiger partial charge is 0.482 e. The zero-order valence-corrected chi connectivity index (χ0v) is 19.3. The van der Waals surface area contributed by atoms with E-state index in [2.05, 4.69) is 10.2 Å². The monoisotopic (exact) mass is 479 g/mol. The first-order valence-corrected chi connectivity index (χ1v) is 11.3. The molecule has 6 nitrogen and oxygen atoms in total. The zero-order valence-electron chi connectivity index (χ0n) is 18.5. The Bertz CT molecular complexity index is 1100. The van der Waals surface area contributed by atoms with Crippen molar-refractivity contribution >= 4 is 17.7 Å². The Kier molecular flexibility index (Phi) is 8.01. The number of benzene rings is 2. The van der Waals surface area contributed by atoms with Crippen LogP contribution < -0.4 is 4.74 Å². The van der Waals surface area contributed by atoms with E-state index in [0.717, 1.165) is 39.7 Å². The first kappa shape index (κ1) is 24.6. The minimum absolute atomic E-state index is 0.130. The molecule has 0 spiro atoms. The summed E-state index contributed by atoms with van der Waals surface area (Å²) in [7, 11) is 0. The summed E-state index contributed by atoms with van der Waals surface area (Å²) in [6.07, 6.45) is -3.73. The van der Waals surface area contributed by atoms with Gasteiger partial charge in [-0.2, -0.15) is 28.2 Å². The third-order valence-corrected chi connectivity index (χ3v) is 5.70. The average molecular weight is 480 g/mol. The van der Waals surface area contributed by atoms with Crippen LogP contribution in [0.25, 0.3) is 5.69 Å². The van der Waals surface area contributed by atoms with E-state index in [4.69, 9.17) is 9.47 Å². The molecule has 0 N–H and O–H groups in total. The molecule has 10 heteroatoms. The molecule has 0 unspecified atom stereocenters. The summed E-state index contributed by atoms with van der Waals surface area (Å²) in [5.41, 5.74) is 2.19. The van der Waals surface area contributed by atoms with Crippen LogP contribution in [0.5, 0.6) is 5.75 Å². The van der Waals surface area contributed by atoms with Crippen molar-refractivity contribution in [2.24, 2.45) is 0 Å². The van der Waals surface area contributed by atoms with Crippen LogP contribution in [0.4, 0.5) is 13.2 Å². The number of esters is 1. The molecule has 3 aromatic rings. The number of ether oxygens (including phenoxy) is 2. The highest BCUT2D eigenvalue weighted by Crippen LogP contribution is 2.30. The molecule has 0 saturated carbocycles. The quantitative estimate of drug-likeness (QED) is 0.311. The number of thioether (sulfide) groups is 1. The van der Waals surface area contributed by atoms with Crippen molar-refractivity contribution in [2.75, 3.05) is 19.0 Å². The molecule has 0 bridgehead atoms. The summed E-state index contributed by atoms with van der Waals surface area (Å²) >= 11 is 1.64. The maximum absolute atomic E-state index is 12.7. The number of carbonyl (C=O) groups is 1. The lowest BCUT2D eigenvalue weighted by molar-refractivity contribution is -0.145. The molecule has 0 aliphatic heterocycles. The summed E-state index contributed by atoms with van der Waals surface area (Å²) in [5, 5.41) is 8.77. The lowest BCUT2D eigenvalue weighted by atomic mass is 10.2. The van der Waals surface area contributed by atoms with Gasteiger partial charge < -0.3 is 9.47 Å². The Morgan fingerprint density at radius 3 is 2.45 bits per heavy atom. The van der Waals surface area contributed by atoms with E-state index >= 15 is 0 Å². The first-order valence-electron chi connectivity index (χ1n) is 10.3. The van der Waals surface area contributed by atoms with Crippen LogP contribution in [0.2, 0.25) is 0 Å². The fourth-order valence-electron chi connectivity index (χ4n) is 3.02. The maximum atomic E-state index is 12.7. The van der Waals surface area contributed by atoms with Gasteiger partial charge in [-0.05, 0) is 68.8 Å². The van der Waals surface area contributed by atoms with Gasteiger partial charge in [-0.1, -0.05) is 0 Å². The van der Waals surface area contributed by atoms with Gasteiger partial charge in [0.2, 0.25) is 0 Å². The van der Waals surface area contributed by atoms with Crippen molar-refractivity contribution in [3.05, 3.63) is 65.0 Å². The smallest absolute Gasteiger partial charge is 0.416 e. The van der Waals surface area contributed by atoms with Gasteiger partial charge in [0.25, 0.3) is 0 Å². The number of aromatic nitrogens is 3. The molecule has 176 valence electrons. The van der Waals surface area contributed by atoms with E-state index in [1.54, 1.807) is 18.7 Å². The van der Waals surface area contributed by atoms with Gasteiger partial charge in [-0.15, -0.1) is 11.8 Å². The predicted octanol–water partition coefficient (Wildman–Crippen LogP) is 5.18. The predicted molar refractivity (Wildman–Crippen MR) is 119 cm³/mol. The van der Waals surface area contributed by atoms with Gasteiger partial charge >= 0.3 is 12.1 Å². The van der Waals surface area contributed by atoms with Crippen molar-refractivity contribution in [1.29, 1.82) is 0 Å². The molecule has 1 aromatic heterocycles. The highest BCUT2D eigenvalue weighted by Gasteiger charge is 2.30. The van der Waals surface area contributed by atoms with Crippen molar-refractivity contribution in [2.45, 2.75) is 38.3 Å². The first-order chi connectivity index (χ1) is 15.7. The molecule has 0 aliphatic rings. The molecular weight excluding hydrogens is 455 g/mol. The van der Waals surface area contributed by atoms with Crippen LogP contribution in [-0.4, -0.2) is 39.9 Å². The highest BCUT2D eigenvalue weighted by atomic mass is 32.2. The second kappa shape index (κ2) is 10.7. The minimum Gasteiger partial charge on any atom is -0.482 e. The normalized spacial score (nSPS) is 11.5. The van der Waals surface area contributed by atoms with E-state index in [1.807, 2.05) is 32.0 Å². The number of hydrogen-bond acceptors (Lipinski definition) is 6. The molecule has 0 radical (unpaired) electrons. The molecular formula is C23H24F3N3O3S. The molecule has 0 aliphatic carbocycles. The molecule has 0 atom stereocenters. The summed E-state index contributed by atoms with van der Waals surface area (Å²) < 4.78 is 48.6. The Morgan fingerprint density at radius 2 is 1.82 bits per heavy atom. The van der Waals surface area contributed by atoms with Gasteiger partial charge in [-0.25, -0.2) is 4.79 Å². The summed E-state index contributed by atoms with van der Waals surface area (Å²) in [6, 6.07) is 10.5.